The van der Waals surface area contributed by atoms with Crippen LogP contribution in [-0.4, -0.2) is 66.1 Å². The molecule has 14 heteroatoms. The number of sulfonamides is 1. The van der Waals surface area contributed by atoms with Gasteiger partial charge in [0.2, 0.25) is 15.9 Å². The molecule has 2 aliphatic rings. The molecule has 0 spiro atoms. The molecule has 0 unspecified atom stereocenters. The fourth-order valence-corrected chi connectivity index (χ4v) is 7.51. The lowest BCUT2D eigenvalue weighted by Gasteiger charge is -2.49. The molecule has 2 amide bonds. The lowest BCUT2D eigenvalue weighted by molar-refractivity contribution is -0.139. The largest absolute Gasteiger partial charge is 0.480 e. The maximum Gasteiger partial charge on any atom is 0.341 e. The second-order valence-corrected chi connectivity index (χ2v) is 13.7. The van der Waals surface area contributed by atoms with Gasteiger partial charge < -0.3 is 20.1 Å². The average Bonchev–Trinajstić information content (AvgIpc) is 2.99. The molecule has 11 nitrogen and oxygen atoms in total. The van der Waals surface area contributed by atoms with Crippen molar-refractivity contribution >= 4 is 51.0 Å². The Kier molecular flexibility index (Phi) is 9.97. The van der Waals surface area contributed by atoms with E-state index in [4.69, 9.17) is 33.0 Å². The third-order valence-corrected chi connectivity index (χ3v) is 9.29. The van der Waals surface area contributed by atoms with Gasteiger partial charge in [0.25, 0.3) is 5.91 Å². The summed E-state index contributed by atoms with van der Waals surface area (Å²) in [6.07, 6.45) is 5.07. The van der Waals surface area contributed by atoms with E-state index in [-0.39, 0.29) is 23.2 Å². The monoisotopic (exact) mass is 674 g/mol. The minimum absolute atomic E-state index is 0.0351. The summed E-state index contributed by atoms with van der Waals surface area (Å²) >= 11 is 13.0. The SMILES string of the molecule is CS(=O)(=O)N[C@H]1CCCC[C@@H]1N1C(=O)c2ccccc2[C@@H](C(=O)NCc2ccc(OCC(=O)O)cn2)[C@@H]1c1ccc(Cl)cc1Cl. The van der Waals surface area contributed by atoms with Crippen LogP contribution in [0.3, 0.4) is 0 Å². The number of fused-ring (bicyclic) bond motifs is 1. The van der Waals surface area contributed by atoms with Crippen LogP contribution in [0, 0.1) is 0 Å². The molecule has 2 aromatic carbocycles. The van der Waals surface area contributed by atoms with Crippen molar-refractivity contribution in [1.82, 2.24) is 19.9 Å². The van der Waals surface area contributed by atoms with Gasteiger partial charge in [-0.05, 0) is 54.3 Å². The quantitative estimate of drug-likeness (QED) is 0.287. The molecule has 3 N–H and O–H groups in total. The Bertz CT molecular complexity index is 1700. The van der Waals surface area contributed by atoms with Gasteiger partial charge in [-0.25, -0.2) is 17.9 Å². The molecule has 1 aromatic heterocycles. The molecule has 0 radical (unpaired) electrons. The number of nitrogens with one attached hydrogen (secondary N) is 2. The summed E-state index contributed by atoms with van der Waals surface area (Å²) in [6.45, 7) is -0.475. The maximum atomic E-state index is 14.4. The molecular weight excluding hydrogens is 643 g/mol. The van der Waals surface area contributed by atoms with E-state index in [1.807, 2.05) is 0 Å². The summed E-state index contributed by atoms with van der Waals surface area (Å²) in [6, 6.07) is 13.0. The molecule has 238 valence electrons. The molecular formula is C31H32Cl2N4O7S. The first-order valence-corrected chi connectivity index (χ1v) is 17.0. The summed E-state index contributed by atoms with van der Waals surface area (Å²) in [7, 11) is -3.61. The lowest BCUT2D eigenvalue weighted by Crippen LogP contribution is -2.59. The van der Waals surface area contributed by atoms with Crippen molar-refractivity contribution in [3.8, 4) is 5.75 Å². The van der Waals surface area contributed by atoms with E-state index in [1.54, 1.807) is 59.5 Å². The van der Waals surface area contributed by atoms with E-state index in [0.717, 1.165) is 19.1 Å². The van der Waals surface area contributed by atoms with E-state index < -0.39 is 52.6 Å². The minimum Gasteiger partial charge on any atom is -0.480 e. The summed E-state index contributed by atoms with van der Waals surface area (Å²) in [4.78, 5) is 45.3. The predicted molar refractivity (Wildman–Crippen MR) is 168 cm³/mol. The zero-order valence-corrected chi connectivity index (χ0v) is 26.6. The van der Waals surface area contributed by atoms with Crippen LogP contribution in [0.1, 0.15) is 64.8 Å². The molecule has 1 saturated carbocycles. The Morgan fingerprint density at radius 3 is 2.51 bits per heavy atom. The van der Waals surface area contributed by atoms with Gasteiger partial charge in [0.15, 0.2) is 6.61 Å². The van der Waals surface area contributed by atoms with Crippen LogP contribution in [0.4, 0.5) is 0 Å². The first-order valence-electron chi connectivity index (χ1n) is 14.3. The number of rotatable bonds is 10. The number of aromatic nitrogens is 1. The second-order valence-electron chi connectivity index (χ2n) is 11.1. The van der Waals surface area contributed by atoms with Gasteiger partial charge in [-0.2, -0.15) is 0 Å². The van der Waals surface area contributed by atoms with Crippen molar-refractivity contribution in [2.45, 2.75) is 56.3 Å². The van der Waals surface area contributed by atoms with Crippen LogP contribution in [0.5, 0.6) is 5.75 Å². The first-order chi connectivity index (χ1) is 21.4. The predicted octanol–water partition coefficient (Wildman–Crippen LogP) is 4.31. The van der Waals surface area contributed by atoms with E-state index >= 15 is 0 Å². The molecule has 1 fully saturated rings. The number of benzene rings is 2. The zero-order chi connectivity index (χ0) is 32.3. The fourth-order valence-electron chi connectivity index (χ4n) is 6.16. The highest BCUT2D eigenvalue weighted by Crippen LogP contribution is 2.47. The van der Waals surface area contributed by atoms with Gasteiger partial charge in [0, 0.05) is 27.7 Å². The Morgan fingerprint density at radius 2 is 1.82 bits per heavy atom. The average molecular weight is 676 g/mol. The molecule has 2 heterocycles. The van der Waals surface area contributed by atoms with Gasteiger partial charge in [-0.1, -0.05) is 60.3 Å². The smallest absolute Gasteiger partial charge is 0.341 e. The van der Waals surface area contributed by atoms with Gasteiger partial charge in [-0.15, -0.1) is 0 Å². The number of pyridine rings is 1. The van der Waals surface area contributed by atoms with Gasteiger partial charge in [0.1, 0.15) is 5.75 Å². The third-order valence-electron chi connectivity index (χ3n) is 8.00. The molecule has 0 bridgehead atoms. The van der Waals surface area contributed by atoms with Crippen LogP contribution < -0.4 is 14.8 Å². The van der Waals surface area contributed by atoms with Gasteiger partial charge in [0.05, 0.1) is 36.7 Å². The number of carbonyl (C=O) groups is 3. The number of nitrogens with zero attached hydrogens (tertiary/aromatic N) is 2. The van der Waals surface area contributed by atoms with Crippen LogP contribution in [0.2, 0.25) is 10.0 Å². The van der Waals surface area contributed by atoms with Crippen LogP contribution in [0.15, 0.2) is 60.8 Å². The Balaban J connectivity index is 1.55. The normalized spacial score (nSPS) is 21.6. The van der Waals surface area contributed by atoms with Crippen molar-refractivity contribution in [2.24, 2.45) is 0 Å². The van der Waals surface area contributed by atoms with Crippen LogP contribution >= 0.6 is 23.2 Å². The topological polar surface area (TPSA) is 155 Å². The maximum absolute atomic E-state index is 14.4. The van der Waals surface area contributed by atoms with Crippen molar-refractivity contribution in [2.75, 3.05) is 12.9 Å². The summed E-state index contributed by atoms with van der Waals surface area (Å²) in [5.41, 5.74) is 1.86. The number of hydrogen-bond acceptors (Lipinski definition) is 7. The first kappa shape index (κ1) is 32.7. The third kappa shape index (κ3) is 7.58. The molecule has 45 heavy (non-hydrogen) atoms. The summed E-state index contributed by atoms with van der Waals surface area (Å²) < 4.78 is 32.6. The van der Waals surface area contributed by atoms with E-state index in [0.29, 0.717) is 40.2 Å². The second kappa shape index (κ2) is 13.7. The molecule has 1 aliphatic heterocycles. The number of amides is 2. The molecule has 3 aromatic rings. The molecule has 1 aliphatic carbocycles. The number of carbonyl (C=O) groups excluding carboxylic acids is 2. The highest BCUT2D eigenvalue weighted by Gasteiger charge is 2.49. The number of carboxylic acid groups (broad SMARTS) is 1. The summed E-state index contributed by atoms with van der Waals surface area (Å²) in [5.74, 6) is -2.49. The minimum atomic E-state index is -3.61. The van der Waals surface area contributed by atoms with Crippen molar-refractivity contribution in [3.05, 3.63) is 93.2 Å². The number of hydrogen-bond donors (Lipinski definition) is 3. The fraction of sp³-hybridized carbons (Fsp3) is 0.355. The Hall–Kier alpha value is -3.71. The van der Waals surface area contributed by atoms with E-state index in [1.165, 1.54) is 6.20 Å². The highest BCUT2D eigenvalue weighted by molar-refractivity contribution is 7.88. The van der Waals surface area contributed by atoms with Crippen molar-refractivity contribution in [3.63, 3.8) is 0 Å². The lowest BCUT2D eigenvalue weighted by atomic mass is 9.76. The zero-order valence-electron chi connectivity index (χ0n) is 24.3. The molecule has 4 atom stereocenters. The number of halogens is 2. The van der Waals surface area contributed by atoms with Crippen LogP contribution in [0.25, 0.3) is 0 Å². The highest BCUT2D eigenvalue weighted by atomic mass is 35.5. The number of aliphatic carboxylic acids is 1. The number of carboxylic acids is 1. The molecule has 0 saturated heterocycles. The van der Waals surface area contributed by atoms with Gasteiger partial charge >= 0.3 is 5.97 Å². The Morgan fingerprint density at radius 1 is 1.07 bits per heavy atom. The van der Waals surface area contributed by atoms with Crippen molar-refractivity contribution < 1.29 is 32.6 Å². The van der Waals surface area contributed by atoms with Crippen LogP contribution in [-0.2, 0) is 26.2 Å². The molecule has 5 rings (SSSR count). The van der Waals surface area contributed by atoms with E-state index in [9.17, 15) is 22.8 Å². The number of ether oxygens (including phenoxy) is 1. The Labute approximate surface area is 270 Å². The van der Waals surface area contributed by atoms with Crippen molar-refractivity contribution in [1.29, 1.82) is 0 Å². The van der Waals surface area contributed by atoms with Gasteiger partial charge in [-0.3, -0.25) is 14.6 Å². The van der Waals surface area contributed by atoms with E-state index in [2.05, 4.69) is 15.0 Å². The summed E-state index contributed by atoms with van der Waals surface area (Å²) in [5, 5.41) is 12.4. The standard InChI is InChI=1S/C31H32Cl2N4O7S/c1-45(42,43)36-25-8-4-5-9-26(25)37-29(23-13-10-18(32)14-24(23)33)28(21-6-2-3-7-22(21)31(37)41)30(40)35-15-19-11-12-20(16-34-19)44-17-27(38)39/h2-3,6-7,10-14,16,25-26,28-29,36H,4-5,8-9,15,17H2,1H3,(H,35,40)(H,38,39)/t25-,26-,28+,29-/m0/s1.